The first-order valence-electron chi connectivity index (χ1n) is 6.06. The lowest BCUT2D eigenvalue weighted by Crippen LogP contribution is -2.04. The number of allylic oxidation sites excluding steroid dienone is 1. The number of hydrogen-bond donors (Lipinski definition) is 1. The smallest absolute Gasteiger partial charge is 0.125 e. The zero-order valence-electron chi connectivity index (χ0n) is 10.8. The van der Waals surface area contributed by atoms with Crippen molar-refractivity contribution < 1.29 is 5.11 Å². The molecule has 0 amide bonds. The van der Waals surface area contributed by atoms with Crippen LogP contribution in [0.3, 0.4) is 0 Å². The van der Waals surface area contributed by atoms with Crippen LogP contribution in [0.2, 0.25) is 10.0 Å². The average Bonchev–Trinajstić information content (AvgIpc) is 2.44. The first-order valence-corrected chi connectivity index (χ1v) is 6.82. The predicted octanol–water partition coefficient (Wildman–Crippen LogP) is 5.07. The summed E-state index contributed by atoms with van der Waals surface area (Å²) in [5.41, 5.74) is 1.86. The van der Waals surface area contributed by atoms with Gasteiger partial charge in [-0.25, -0.2) is 0 Å². The van der Waals surface area contributed by atoms with Crippen molar-refractivity contribution in [3.63, 3.8) is 0 Å². The van der Waals surface area contributed by atoms with Crippen LogP contribution >= 0.6 is 23.2 Å². The van der Waals surface area contributed by atoms with Gasteiger partial charge in [-0.1, -0.05) is 47.5 Å². The van der Waals surface area contributed by atoms with Gasteiger partial charge in [-0.3, -0.25) is 4.99 Å². The number of benzene rings is 2. The van der Waals surface area contributed by atoms with E-state index in [0.29, 0.717) is 21.3 Å². The molecule has 0 saturated heterocycles. The summed E-state index contributed by atoms with van der Waals surface area (Å²) >= 11 is 12.2. The van der Waals surface area contributed by atoms with Gasteiger partial charge in [0.2, 0.25) is 0 Å². The quantitative estimate of drug-likeness (QED) is 0.789. The van der Waals surface area contributed by atoms with Crippen molar-refractivity contribution >= 4 is 28.9 Å². The van der Waals surface area contributed by atoms with E-state index in [1.807, 2.05) is 25.1 Å². The van der Waals surface area contributed by atoms with E-state index in [4.69, 9.17) is 23.2 Å². The van der Waals surface area contributed by atoms with Gasteiger partial charge in [-0.15, -0.1) is 0 Å². The largest absolute Gasteiger partial charge is 0.507 e. The molecule has 0 radical (unpaired) electrons. The summed E-state index contributed by atoms with van der Waals surface area (Å²) < 4.78 is 0. The van der Waals surface area contributed by atoms with Crippen LogP contribution in [0.5, 0.6) is 5.75 Å². The molecule has 0 aromatic heterocycles. The van der Waals surface area contributed by atoms with E-state index in [1.165, 1.54) is 0 Å². The Morgan fingerprint density at radius 3 is 2.55 bits per heavy atom. The molecule has 0 heterocycles. The van der Waals surface area contributed by atoms with Gasteiger partial charge in [0.25, 0.3) is 0 Å². The second-order valence-electron chi connectivity index (χ2n) is 4.10. The number of nitrogens with zero attached hydrogens (tertiary/aromatic N) is 1. The van der Waals surface area contributed by atoms with Crippen molar-refractivity contribution in [2.45, 2.75) is 6.92 Å². The summed E-state index contributed by atoms with van der Waals surface area (Å²) in [7, 11) is 0. The molecule has 20 heavy (non-hydrogen) atoms. The van der Waals surface area contributed by atoms with Crippen molar-refractivity contribution in [2.75, 3.05) is 0 Å². The molecule has 0 aliphatic heterocycles. The average molecular weight is 306 g/mol. The van der Waals surface area contributed by atoms with Gasteiger partial charge >= 0.3 is 0 Å². The van der Waals surface area contributed by atoms with Gasteiger partial charge in [-0.05, 0) is 31.2 Å². The molecule has 2 aromatic rings. The molecule has 4 heteroatoms. The van der Waals surface area contributed by atoms with Gasteiger partial charge in [0, 0.05) is 27.4 Å². The van der Waals surface area contributed by atoms with Crippen LogP contribution in [0, 0.1) is 0 Å². The number of hydrogen-bond acceptors (Lipinski definition) is 2. The Bertz CT molecular complexity index is 678. The minimum absolute atomic E-state index is 0.109. The monoisotopic (exact) mass is 305 g/mol. The van der Waals surface area contributed by atoms with Crippen molar-refractivity contribution in [1.82, 2.24) is 0 Å². The standard InChI is InChI=1S/C16H13Cl2NO/c1-2-9-19-16(12-5-3-4-6-14(12)18)13-10-11(17)7-8-15(13)20/h2-10,20H,1H3/b9-2+,19-16?. The molecule has 0 aliphatic rings. The summed E-state index contributed by atoms with van der Waals surface area (Å²) in [5, 5.41) is 11.1. The fourth-order valence-electron chi connectivity index (χ4n) is 1.78. The Morgan fingerprint density at radius 1 is 1.10 bits per heavy atom. The molecule has 0 atom stereocenters. The van der Waals surface area contributed by atoms with E-state index < -0.39 is 0 Å². The van der Waals surface area contributed by atoms with Crippen molar-refractivity contribution in [1.29, 1.82) is 0 Å². The molecule has 0 saturated carbocycles. The lowest BCUT2D eigenvalue weighted by atomic mass is 10.0. The van der Waals surface area contributed by atoms with Crippen LogP contribution in [0.1, 0.15) is 18.1 Å². The highest BCUT2D eigenvalue weighted by Crippen LogP contribution is 2.27. The van der Waals surface area contributed by atoms with Crippen LogP contribution in [0.15, 0.2) is 59.7 Å². The molecule has 0 spiro atoms. The zero-order valence-corrected chi connectivity index (χ0v) is 12.4. The van der Waals surface area contributed by atoms with Gasteiger partial charge in [0.15, 0.2) is 0 Å². The molecule has 102 valence electrons. The van der Waals surface area contributed by atoms with Gasteiger partial charge in [0.05, 0.1) is 5.71 Å². The predicted molar refractivity (Wildman–Crippen MR) is 85.0 cm³/mol. The summed E-state index contributed by atoms with van der Waals surface area (Å²) in [6.07, 6.45) is 3.46. The van der Waals surface area contributed by atoms with E-state index in [-0.39, 0.29) is 5.75 Å². The lowest BCUT2D eigenvalue weighted by Gasteiger charge is -2.10. The highest BCUT2D eigenvalue weighted by atomic mass is 35.5. The second kappa shape index (κ2) is 6.60. The SMILES string of the molecule is C/C=C/N=C(c1cc(Cl)ccc1O)c1ccccc1Cl. The number of rotatable bonds is 3. The third-order valence-corrected chi connectivity index (χ3v) is 3.26. The third-order valence-electron chi connectivity index (χ3n) is 2.70. The van der Waals surface area contributed by atoms with E-state index in [1.54, 1.807) is 36.5 Å². The molecule has 2 rings (SSSR count). The minimum atomic E-state index is 0.109. The van der Waals surface area contributed by atoms with Crippen molar-refractivity contribution in [3.05, 3.63) is 75.9 Å². The minimum Gasteiger partial charge on any atom is -0.507 e. The number of aliphatic imine (C=N–C) groups is 1. The second-order valence-corrected chi connectivity index (χ2v) is 4.95. The molecular weight excluding hydrogens is 293 g/mol. The fourth-order valence-corrected chi connectivity index (χ4v) is 2.18. The maximum absolute atomic E-state index is 10.1. The zero-order chi connectivity index (χ0) is 14.5. The van der Waals surface area contributed by atoms with E-state index in [0.717, 1.165) is 5.56 Å². The maximum Gasteiger partial charge on any atom is 0.125 e. The molecule has 1 N–H and O–H groups in total. The van der Waals surface area contributed by atoms with Crippen LogP contribution in [0.25, 0.3) is 0 Å². The van der Waals surface area contributed by atoms with Crippen LogP contribution in [-0.4, -0.2) is 10.8 Å². The fraction of sp³-hybridized carbons (Fsp3) is 0.0625. The molecule has 0 unspecified atom stereocenters. The normalized spacial score (nSPS) is 12.1. The maximum atomic E-state index is 10.1. The molecule has 0 aliphatic carbocycles. The Labute approximate surface area is 128 Å². The topological polar surface area (TPSA) is 32.6 Å². The third kappa shape index (κ3) is 3.21. The molecule has 0 bridgehead atoms. The van der Waals surface area contributed by atoms with Gasteiger partial charge in [0.1, 0.15) is 5.75 Å². The summed E-state index contributed by atoms with van der Waals surface area (Å²) in [5.74, 6) is 0.109. The molecular formula is C16H13Cl2NO. The van der Waals surface area contributed by atoms with Crippen molar-refractivity contribution in [3.8, 4) is 5.75 Å². The summed E-state index contributed by atoms with van der Waals surface area (Å²) in [4.78, 5) is 4.38. The van der Waals surface area contributed by atoms with E-state index in [9.17, 15) is 5.11 Å². The summed E-state index contributed by atoms with van der Waals surface area (Å²) in [6, 6.07) is 12.2. The Kier molecular flexibility index (Phi) is 4.83. The van der Waals surface area contributed by atoms with Crippen LogP contribution < -0.4 is 0 Å². The Hall–Kier alpha value is -1.77. The number of aromatic hydroxyl groups is 1. The van der Waals surface area contributed by atoms with E-state index >= 15 is 0 Å². The van der Waals surface area contributed by atoms with E-state index in [2.05, 4.69) is 4.99 Å². The Morgan fingerprint density at radius 2 is 1.85 bits per heavy atom. The molecule has 2 nitrogen and oxygen atoms in total. The molecule has 0 fully saturated rings. The number of phenols is 1. The van der Waals surface area contributed by atoms with Crippen molar-refractivity contribution in [2.24, 2.45) is 4.99 Å². The lowest BCUT2D eigenvalue weighted by molar-refractivity contribution is 0.474. The van der Waals surface area contributed by atoms with Crippen LogP contribution in [0.4, 0.5) is 0 Å². The number of halogens is 2. The van der Waals surface area contributed by atoms with Gasteiger partial charge in [-0.2, -0.15) is 0 Å². The first kappa shape index (κ1) is 14.6. The van der Waals surface area contributed by atoms with Gasteiger partial charge < -0.3 is 5.11 Å². The Balaban J connectivity index is 2.66. The highest BCUT2D eigenvalue weighted by molar-refractivity contribution is 6.36. The molecule has 2 aromatic carbocycles. The number of phenolic OH excluding ortho intramolecular Hbond substituents is 1. The highest BCUT2D eigenvalue weighted by Gasteiger charge is 2.14. The first-order chi connectivity index (χ1) is 9.63. The van der Waals surface area contributed by atoms with Crippen LogP contribution in [-0.2, 0) is 0 Å². The summed E-state index contributed by atoms with van der Waals surface area (Å²) in [6.45, 7) is 1.87.